The van der Waals surface area contributed by atoms with Gasteiger partial charge in [-0.3, -0.25) is 4.90 Å². The second-order valence-corrected chi connectivity index (χ2v) is 5.34. The molecular weight excluding hydrogens is 248 g/mol. The van der Waals surface area contributed by atoms with Gasteiger partial charge >= 0.3 is 0 Å². The molecule has 2 N–H and O–H groups in total. The summed E-state index contributed by atoms with van der Waals surface area (Å²) in [5.74, 6) is -0.984. The summed E-state index contributed by atoms with van der Waals surface area (Å²) in [5.41, 5.74) is 7.08. The highest BCUT2D eigenvalue weighted by molar-refractivity contribution is 5.36. The van der Waals surface area contributed by atoms with Crippen LogP contribution >= 0.6 is 0 Å². The molecule has 106 valence electrons. The third-order valence-corrected chi connectivity index (χ3v) is 3.60. The lowest BCUT2D eigenvalue weighted by Gasteiger charge is -2.24. The molecule has 2 rings (SSSR count). The number of halogens is 2. The van der Waals surface area contributed by atoms with Crippen LogP contribution in [0.3, 0.4) is 0 Å². The van der Waals surface area contributed by atoms with Crippen molar-refractivity contribution in [1.82, 2.24) is 9.80 Å². The van der Waals surface area contributed by atoms with Gasteiger partial charge in [-0.25, -0.2) is 8.78 Å². The van der Waals surface area contributed by atoms with Crippen LogP contribution < -0.4 is 5.73 Å². The number of hydrogen-bond acceptors (Lipinski definition) is 3. The van der Waals surface area contributed by atoms with Crippen LogP contribution in [0.5, 0.6) is 0 Å². The summed E-state index contributed by atoms with van der Waals surface area (Å²) in [7, 11) is 4.04. The van der Waals surface area contributed by atoms with Crippen molar-refractivity contribution in [2.75, 3.05) is 33.7 Å². The van der Waals surface area contributed by atoms with E-state index in [0.717, 1.165) is 31.1 Å². The van der Waals surface area contributed by atoms with Crippen LogP contribution in [0, 0.1) is 11.6 Å². The molecule has 1 unspecified atom stereocenters. The van der Waals surface area contributed by atoms with Crippen LogP contribution in [-0.2, 0) is 6.54 Å². The maximum absolute atomic E-state index is 13.9. The molecule has 1 aliphatic heterocycles. The summed E-state index contributed by atoms with van der Waals surface area (Å²) < 4.78 is 27.1. The molecule has 0 fully saturated rings. The van der Waals surface area contributed by atoms with Crippen LogP contribution in [0.15, 0.2) is 12.1 Å². The Hall–Kier alpha value is -1.04. The van der Waals surface area contributed by atoms with E-state index in [0.29, 0.717) is 18.7 Å². The molecule has 0 aromatic heterocycles. The molecular formula is C14H21F2N3. The van der Waals surface area contributed by atoms with Crippen LogP contribution in [-0.4, -0.2) is 43.5 Å². The van der Waals surface area contributed by atoms with Crippen molar-refractivity contribution >= 4 is 0 Å². The van der Waals surface area contributed by atoms with E-state index < -0.39 is 11.6 Å². The average Bonchev–Trinajstić information content (AvgIpc) is 2.66. The lowest BCUT2D eigenvalue weighted by Crippen LogP contribution is -2.30. The first kappa shape index (κ1) is 14.4. The van der Waals surface area contributed by atoms with E-state index in [-0.39, 0.29) is 6.04 Å². The quantitative estimate of drug-likeness (QED) is 0.883. The monoisotopic (exact) mass is 269 g/mol. The third-order valence-electron chi connectivity index (χ3n) is 3.60. The van der Waals surface area contributed by atoms with Crippen LogP contribution in [0.25, 0.3) is 0 Å². The Morgan fingerprint density at radius 1 is 1.37 bits per heavy atom. The Bertz CT molecular complexity index is 449. The van der Waals surface area contributed by atoms with Gasteiger partial charge in [0.1, 0.15) is 11.6 Å². The zero-order valence-corrected chi connectivity index (χ0v) is 11.5. The average molecular weight is 269 g/mol. The van der Waals surface area contributed by atoms with E-state index in [1.807, 2.05) is 14.1 Å². The molecule has 19 heavy (non-hydrogen) atoms. The van der Waals surface area contributed by atoms with Gasteiger partial charge in [-0.1, -0.05) is 0 Å². The molecule has 0 aliphatic carbocycles. The number of hydrogen-bond donors (Lipinski definition) is 1. The summed E-state index contributed by atoms with van der Waals surface area (Å²) in [6.07, 6.45) is 0.988. The molecule has 1 heterocycles. The van der Waals surface area contributed by atoms with Crippen molar-refractivity contribution < 1.29 is 8.78 Å². The van der Waals surface area contributed by atoms with E-state index in [1.54, 1.807) is 0 Å². The fourth-order valence-electron chi connectivity index (χ4n) is 2.75. The normalized spacial score (nSPS) is 19.2. The van der Waals surface area contributed by atoms with Crippen molar-refractivity contribution in [3.05, 3.63) is 34.9 Å². The largest absolute Gasteiger partial charge is 0.329 e. The molecule has 0 amide bonds. The Morgan fingerprint density at radius 2 is 2.11 bits per heavy atom. The lowest BCUT2D eigenvalue weighted by molar-refractivity contribution is 0.206. The Balaban J connectivity index is 2.12. The first-order valence-corrected chi connectivity index (χ1v) is 6.59. The van der Waals surface area contributed by atoms with Gasteiger partial charge in [-0.15, -0.1) is 0 Å². The van der Waals surface area contributed by atoms with E-state index in [4.69, 9.17) is 5.73 Å². The van der Waals surface area contributed by atoms with Crippen molar-refractivity contribution in [3.63, 3.8) is 0 Å². The third kappa shape index (κ3) is 3.11. The van der Waals surface area contributed by atoms with Crippen molar-refractivity contribution in [3.8, 4) is 0 Å². The number of rotatable bonds is 5. The molecule has 1 aromatic carbocycles. The van der Waals surface area contributed by atoms with Gasteiger partial charge in [-0.05, 0) is 38.7 Å². The molecule has 1 aliphatic rings. The molecule has 0 spiro atoms. The molecule has 0 radical (unpaired) electrons. The molecule has 1 aromatic rings. The van der Waals surface area contributed by atoms with Gasteiger partial charge in [0.25, 0.3) is 0 Å². The van der Waals surface area contributed by atoms with Gasteiger partial charge in [-0.2, -0.15) is 0 Å². The number of fused-ring (bicyclic) bond motifs is 1. The zero-order chi connectivity index (χ0) is 14.0. The van der Waals surface area contributed by atoms with E-state index in [9.17, 15) is 8.78 Å². The molecule has 1 atom stereocenters. The minimum Gasteiger partial charge on any atom is -0.329 e. The fraction of sp³-hybridized carbons (Fsp3) is 0.571. The van der Waals surface area contributed by atoms with Crippen molar-refractivity contribution in [2.24, 2.45) is 5.73 Å². The Morgan fingerprint density at radius 3 is 2.74 bits per heavy atom. The standard InChI is InChI=1S/C14H21F2N3/c1-18(2)4-3-5-19-9-10-6-11(15)7-12(16)14(10)13(19)8-17/h6-7,13H,3-5,8-9,17H2,1-2H3. The topological polar surface area (TPSA) is 32.5 Å². The van der Waals surface area contributed by atoms with Crippen LogP contribution in [0.4, 0.5) is 8.78 Å². The minimum atomic E-state index is -0.512. The molecule has 0 bridgehead atoms. The summed E-state index contributed by atoms with van der Waals surface area (Å²) in [5, 5.41) is 0. The maximum atomic E-state index is 13.9. The predicted octanol–water partition coefficient (Wildman–Crippen LogP) is 1.73. The molecule has 0 saturated heterocycles. The zero-order valence-electron chi connectivity index (χ0n) is 11.5. The van der Waals surface area contributed by atoms with Crippen LogP contribution in [0.1, 0.15) is 23.6 Å². The number of benzene rings is 1. The van der Waals surface area contributed by atoms with Gasteiger partial charge in [0.05, 0.1) is 6.04 Å². The lowest BCUT2D eigenvalue weighted by atomic mass is 10.0. The second-order valence-electron chi connectivity index (χ2n) is 5.34. The first-order valence-electron chi connectivity index (χ1n) is 6.59. The fourth-order valence-corrected chi connectivity index (χ4v) is 2.75. The highest BCUT2D eigenvalue weighted by Crippen LogP contribution is 2.35. The summed E-state index contributed by atoms with van der Waals surface area (Å²) >= 11 is 0. The van der Waals surface area contributed by atoms with Crippen molar-refractivity contribution in [1.29, 1.82) is 0 Å². The van der Waals surface area contributed by atoms with E-state index >= 15 is 0 Å². The SMILES string of the molecule is CN(C)CCCN1Cc2cc(F)cc(F)c2C1CN. The summed E-state index contributed by atoms with van der Waals surface area (Å²) in [6, 6.07) is 2.25. The summed E-state index contributed by atoms with van der Waals surface area (Å²) in [4.78, 5) is 4.25. The van der Waals surface area contributed by atoms with Crippen molar-refractivity contribution in [2.45, 2.75) is 19.0 Å². The maximum Gasteiger partial charge on any atom is 0.131 e. The van der Waals surface area contributed by atoms with E-state index in [2.05, 4.69) is 9.80 Å². The van der Waals surface area contributed by atoms with Gasteiger partial charge in [0.15, 0.2) is 0 Å². The predicted molar refractivity (Wildman–Crippen MR) is 71.7 cm³/mol. The smallest absolute Gasteiger partial charge is 0.131 e. The highest BCUT2D eigenvalue weighted by Gasteiger charge is 2.31. The molecule has 0 saturated carbocycles. The molecule has 3 nitrogen and oxygen atoms in total. The van der Waals surface area contributed by atoms with Crippen LogP contribution in [0.2, 0.25) is 0 Å². The Kier molecular flexibility index (Phi) is 4.50. The highest BCUT2D eigenvalue weighted by atomic mass is 19.1. The first-order chi connectivity index (χ1) is 9.02. The second kappa shape index (κ2) is 5.94. The van der Waals surface area contributed by atoms with Gasteiger partial charge in [0.2, 0.25) is 0 Å². The number of nitrogens with two attached hydrogens (primary N) is 1. The van der Waals surface area contributed by atoms with E-state index in [1.165, 1.54) is 6.07 Å². The summed E-state index contributed by atoms with van der Waals surface area (Å²) in [6.45, 7) is 2.76. The number of nitrogens with zero attached hydrogens (tertiary/aromatic N) is 2. The Labute approximate surface area is 113 Å². The van der Waals surface area contributed by atoms with Gasteiger partial charge < -0.3 is 10.6 Å². The molecule has 5 heteroatoms. The minimum absolute atomic E-state index is 0.127. The van der Waals surface area contributed by atoms with Gasteiger partial charge in [0, 0.05) is 31.3 Å².